The number of methoxy groups -OCH3 is 1. The second-order valence-electron chi connectivity index (χ2n) is 7.50. The summed E-state index contributed by atoms with van der Waals surface area (Å²) in [4.78, 5) is 28.3. The number of fused-ring (bicyclic) bond motifs is 2. The lowest BCUT2D eigenvalue weighted by molar-refractivity contribution is 0.0716. The first kappa shape index (κ1) is 20.9. The summed E-state index contributed by atoms with van der Waals surface area (Å²) < 4.78 is 17.0. The van der Waals surface area contributed by atoms with Gasteiger partial charge in [-0.25, -0.2) is 0 Å². The molecule has 1 N–H and O–H groups in total. The summed E-state index contributed by atoms with van der Waals surface area (Å²) in [6, 6.07) is 10.1. The van der Waals surface area contributed by atoms with Crippen LogP contribution in [0.5, 0.6) is 11.5 Å². The van der Waals surface area contributed by atoms with E-state index < -0.39 is 6.04 Å². The molecule has 7 nitrogen and oxygen atoms in total. The van der Waals surface area contributed by atoms with Crippen LogP contribution >= 0.6 is 0 Å². The molecule has 0 saturated heterocycles. The Balaban J connectivity index is 1.94. The van der Waals surface area contributed by atoms with E-state index in [1.807, 2.05) is 26.0 Å². The van der Waals surface area contributed by atoms with E-state index in [0.717, 1.165) is 5.56 Å². The summed E-state index contributed by atoms with van der Waals surface area (Å²) in [5, 5.41) is 9.79. The van der Waals surface area contributed by atoms with Crippen molar-refractivity contribution in [1.29, 1.82) is 0 Å². The largest absolute Gasteiger partial charge is 0.493 e. The minimum Gasteiger partial charge on any atom is -0.493 e. The van der Waals surface area contributed by atoms with Crippen LogP contribution in [0.15, 0.2) is 45.6 Å². The van der Waals surface area contributed by atoms with Crippen molar-refractivity contribution in [3.8, 4) is 11.5 Å². The van der Waals surface area contributed by atoms with E-state index in [9.17, 15) is 14.7 Å². The van der Waals surface area contributed by atoms with Crippen LogP contribution < -0.4 is 14.9 Å². The molecule has 0 aliphatic carbocycles. The number of aryl methyl sites for hydroxylation is 1. The Morgan fingerprint density at radius 2 is 1.94 bits per heavy atom. The predicted octanol–water partition coefficient (Wildman–Crippen LogP) is 3.44. The molecule has 0 spiro atoms. The van der Waals surface area contributed by atoms with Gasteiger partial charge >= 0.3 is 0 Å². The highest BCUT2D eigenvalue weighted by atomic mass is 16.5. The van der Waals surface area contributed by atoms with Crippen molar-refractivity contribution < 1.29 is 23.8 Å². The van der Waals surface area contributed by atoms with Gasteiger partial charge in [0.1, 0.15) is 5.58 Å². The molecule has 2 aromatic carbocycles. The smallest absolute Gasteiger partial charge is 0.290 e. The van der Waals surface area contributed by atoms with Gasteiger partial charge in [0.2, 0.25) is 5.76 Å². The first-order valence-corrected chi connectivity index (χ1v) is 10.3. The fraction of sp³-hybridized carbons (Fsp3) is 0.333. The minimum absolute atomic E-state index is 0.0529. The maximum atomic E-state index is 13.5. The molecule has 1 aliphatic rings. The Morgan fingerprint density at radius 1 is 1.13 bits per heavy atom. The summed E-state index contributed by atoms with van der Waals surface area (Å²) in [6.45, 7) is 4.49. The quantitative estimate of drug-likeness (QED) is 0.626. The van der Waals surface area contributed by atoms with Crippen molar-refractivity contribution in [2.75, 3.05) is 26.9 Å². The molecule has 0 unspecified atom stereocenters. The van der Waals surface area contributed by atoms with Crippen LogP contribution in [-0.4, -0.2) is 42.8 Å². The molecular formula is C24H25NO6. The minimum atomic E-state index is -0.639. The average Bonchev–Trinajstić information content (AvgIpc) is 3.05. The lowest BCUT2D eigenvalue weighted by Gasteiger charge is -2.25. The van der Waals surface area contributed by atoms with E-state index in [1.54, 1.807) is 36.3 Å². The van der Waals surface area contributed by atoms with Crippen LogP contribution in [0.4, 0.5) is 0 Å². The fourth-order valence-electron chi connectivity index (χ4n) is 4.08. The zero-order valence-corrected chi connectivity index (χ0v) is 17.8. The number of carbonyl (C=O) groups is 1. The molecule has 1 aliphatic heterocycles. The van der Waals surface area contributed by atoms with Crippen molar-refractivity contribution in [3.05, 3.63) is 69.1 Å². The van der Waals surface area contributed by atoms with Crippen molar-refractivity contribution >= 4 is 16.9 Å². The molecule has 7 heteroatoms. The summed E-state index contributed by atoms with van der Waals surface area (Å²) in [7, 11) is 1.55. The number of hydrogen-bond donors (Lipinski definition) is 1. The van der Waals surface area contributed by atoms with Crippen molar-refractivity contribution in [2.24, 2.45) is 0 Å². The van der Waals surface area contributed by atoms with Crippen LogP contribution in [-0.2, 0) is 0 Å². The van der Waals surface area contributed by atoms with E-state index in [0.29, 0.717) is 46.6 Å². The number of hydrogen-bond acceptors (Lipinski definition) is 6. The van der Waals surface area contributed by atoms with Gasteiger partial charge in [0, 0.05) is 13.2 Å². The zero-order valence-electron chi connectivity index (χ0n) is 17.8. The van der Waals surface area contributed by atoms with E-state index in [1.165, 1.54) is 0 Å². The number of carbonyl (C=O) groups excluding carboxylic acids is 1. The van der Waals surface area contributed by atoms with Gasteiger partial charge in [-0.05, 0) is 50.1 Å². The van der Waals surface area contributed by atoms with Gasteiger partial charge in [0.25, 0.3) is 5.91 Å². The van der Waals surface area contributed by atoms with Gasteiger partial charge in [0.15, 0.2) is 16.9 Å². The molecule has 1 atom stereocenters. The average molecular weight is 423 g/mol. The number of ether oxygens (including phenoxy) is 2. The SMILES string of the molecule is CCOc1ccc([C@@H]2c3c(oc4ccc(C)cc4c3=O)C(=O)N2CCCO)cc1OC. The summed E-state index contributed by atoms with van der Waals surface area (Å²) in [5.41, 5.74) is 2.12. The number of amides is 1. The van der Waals surface area contributed by atoms with E-state index in [2.05, 4.69) is 0 Å². The number of benzene rings is 2. The number of nitrogens with zero attached hydrogens (tertiary/aromatic N) is 1. The van der Waals surface area contributed by atoms with Crippen LogP contribution in [0.2, 0.25) is 0 Å². The number of rotatable bonds is 7. The number of aliphatic hydroxyl groups excluding tert-OH is 1. The molecule has 1 amide bonds. The van der Waals surface area contributed by atoms with E-state index in [-0.39, 0.29) is 30.2 Å². The molecule has 162 valence electrons. The van der Waals surface area contributed by atoms with Crippen LogP contribution in [0.25, 0.3) is 11.0 Å². The summed E-state index contributed by atoms with van der Waals surface area (Å²) in [5.74, 6) is 0.794. The molecule has 0 bridgehead atoms. The molecule has 3 aromatic rings. The Labute approximate surface area is 179 Å². The summed E-state index contributed by atoms with van der Waals surface area (Å²) >= 11 is 0. The summed E-state index contributed by atoms with van der Waals surface area (Å²) in [6.07, 6.45) is 0.386. The topological polar surface area (TPSA) is 89.2 Å². The van der Waals surface area contributed by atoms with Crippen LogP contribution in [0, 0.1) is 6.92 Å². The molecule has 0 radical (unpaired) electrons. The van der Waals surface area contributed by atoms with Crippen molar-refractivity contribution in [1.82, 2.24) is 4.90 Å². The molecule has 31 heavy (non-hydrogen) atoms. The highest BCUT2D eigenvalue weighted by molar-refractivity contribution is 5.99. The first-order valence-electron chi connectivity index (χ1n) is 10.3. The van der Waals surface area contributed by atoms with E-state index >= 15 is 0 Å². The Morgan fingerprint density at radius 3 is 2.65 bits per heavy atom. The molecule has 2 heterocycles. The van der Waals surface area contributed by atoms with Gasteiger partial charge in [-0.15, -0.1) is 0 Å². The third-order valence-corrected chi connectivity index (χ3v) is 5.48. The van der Waals surface area contributed by atoms with Crippen molar-refractivity contribution in [2.45, 2.75) is 26.3 Å². The first-order chi connectivity index (χ1) is 15.0. The standard InChI is InChI=1S/C24H25NO6/c1-4-30-18-9-7-15(13-19(18)29-3)21-20-22(27)16-12-14(2)6-8-17(16)31-23(20)24(28)25(21)10-5-11-26/h6-9,12-13,21,26H,4-5,10-11H2,1-3H3/t21-/m1/s1. The van der Waals surface area contributed by atoms with Crippen LogP contribution in [0.1, 0.15) is 46.6 Å². The maximum Gasteiger partial charge on any atom is 0.290 e. The lowest BCUT2D eigenvalue weighted by atomic mass is 9.97. The van der Waals surface area contributed by atoms with Gasteiger partial charge < -0.3 is 23.9 Å². The number of aliphatic hydroxyl groups is 1. The third kappa shape index (κ3) is 3.55. The van der Waals surface area contributed by atoms with E-state index in [4.69, 9.17) is 13.9 Å². The Hall–Kier alpha value is -3.32. The molecule has 4 rings (SSSR count). The lowest BCUT2D eigenvalue weighted by Crippen LogP contribution is -2.31. The van der Waals surface area contributed by atoms with Gasteiger partial charge in [-0.2, -0.15) is 0 Å². The molecule has 0 fully saturated rings. The van der Waals surface area contributed by atoms with Gasteiger partial charge in [0.05, 0.1) is 30.7 Å². The van der Waals surface area contributed by atoms with Crippen molar-refractivity contribution in [3.63, 3.8) is 0 Å². The normalized spacial score (nSPS) is 15.4. The maximum absolute atomic E-state index is 13.5. The zero-order chi connectivity index (χ0) is 22.1. The highest BCUT2D eigenvalue weighted by Gasteiger charge is 2.42. The van der Waals surface area contributed by atoms with Crippen LogP contribution in [0.3, 0.4) is 0 Å². The molecular weight excluding hydrogens is 398 g/mol. The van der Waals surface area contributed by atoms with Gasteiger partial charge in [-0.1, -0.05) is 17.7 Å². The Bertz CT molecular complexity index is 1200. The molecule has 1 aromatic heterocycles. The fourth-order valence-corrected chi connectivity index (χ4v) is 4.08. The predicted molar refractivity (Wildman–Crippen MR) is 116 cm³/mol. The second kappa shape index (κ2) is 8.43. The molecule has 0 saturated carbocycles. The second-order valence-corrected chi connectivity index (χ2v) is 7.50. The van der Waals surface area contributed by atoms with Gasteiger partial charge in [-0.3, -0.25) is 9.59 Å². The highest BCUT2D eigenvalue weighted by Crippen LogP contribution is 2.41. The monoisotopic (exact) mass is 423 g/mol. The Kier molecular flexibility index (Phi) is 5.69. The third-order valence-electron chi connectivity index (χ3n) is 5.48.